The molecule has 0 fully saturated rings. The van der Waals surface area contributed by atoms with Gasteiger partial charge in [-0.15, -0.1) is 0 Å². The Labute approximate surface area is 525 Å². The molecule has 0 radical (unpaired) electrons. The molecule has 9 aromatic carbocycles. The van der Waals surface area contributed by atoms with Crippen LogP contribution in [-0.2, 0) is 0 Å². The van der Waals surface area contributed by atoms with Crippen LogP contribution in [0.1, 0.15) is 89.3 Å². The van der Waals surface area contributed by atoms with E-state index in [1.165, 1.54) is 54.6 Å². The van der Waals surface area contributed by atoms with Gasteiger partial charge in [-0.3, -0.25) is 14.4 Å². The zero-order valence-electron chi connectivity index (χ0n) is 46.7. The third kappa shape index (κ3) is 17.1. The number of nitrogens with one attached hydrogen (secondary N) is 3. The van der Waals surface area contributed by atoms with Crippen LogP contribution < -0.4 is 25.4 Å². The molecule has 0 aromatic heterocycles. The minimum Gasteiger partial charge on any atom is -0.494 e. The lowest BCUT2D eigenvalue weighted by atomic mass is 10.0. The first kappa shape index (κ1) is 66.7. The zero-order chi connectivity index (χ0) is 64.8. The van der Waals surface area contributed by atoms with E-state index in [1.54, 1.807) is 72.8 Å². The monoisotopic (exact) mass is 1290 g/mol. The van der Waals surface area contributed by atoms with Gasteiger partial charge in [0.05, 0.1) is 66.8 Å². The van der Waals surface area contributed by atoms with Gasteiger partial charge in [-0.05, 0) is 151 Å². The van der Waals surface area contributed by atoms with Gasteiger partial charge in [0.1, 0.15) is 52.0 Å². The highest BCUT2D eigenvalue weighted by atomic mass is 35.5. The Morgan fingerprint density at radius 3 is 1.25 bits per heavy atom. The number of halogens is 9. The summed E-state index contributed by atoms with van der Waals surface area (Å²) < 4.78 is 84.4. The maximum atomic E-state index is 14.7. The standard InChI is InChI=1S/2C23H19F2NO4.C20H10Cl4FNO3/c1-13(2)30-16-7-5-6-14(10-16)15-11-19(24)21(20(25)12-15)26-22(27)17-8-3-4-9-18(17)23(28)29;1-2-10-30-16-7-5-6-14(11-16)15-12-19(24)21(20(25)13-15)26-22(27)17-8-3-4-9-18(17)23(28)29;21-13-4-2-1-3-10(13)9-5-16(24)18(17(25)6-9)26-19(27)11-7-14(22)15(23)8-12(11)20(28)29/h3-13H,1-2H3,(H,26,27)(H,28,29);3-9,11-13H,2,10H2,1H3,(H,26,27)(H,28,29);1-8H,(H,26,27)(H,28,29). The average Bonchev–Trinajstić information content (AvgIpc) is 1.81. The van der Waals surface area contributed by atoms with Crippen LogP contribution in [0, 0.1) is 29.1 Å². The van der Waals surface area contributed by atoms with Gasteiger partial charge in [-0.1, -0.05) is 120 Å². The van der Waals surface area contributed by atoms with Crippen molar-refractivity contribution in [2.24, 2.45) is 0 Å². The third-order valence-electron chi connectivity index (χ3n) is 12.5. The van der Waals surface area contributed by atoms with Gasteiger partial charge >= 0.3 is 17.9 Å². The molecule has 456 valence electrons. The van der Waals surface area contributed by atoms with Gasteiger partial charge in [0.2, 0.25) is 0 Å². The molecular weight excluding hydrogens is 1250 g/mol. The number of ether oxygens (including phenoxy) is 2. The fourth-order valence-corrected chi connectivity index (χ4v) is 9.28. The molecule has 0 spiro atoms. The van der Waals surface area contributed by atoms with Crippen molar-refractivity contribution in [1.82, 2.24) is 0 Å². The van der Waals surface area contributed by atoms with Crippen LogP contribution in [0.15, 0.2) is 170 Å². The van der Waals surface area contributed by atoms with Crippen LogP contribution in [0.5, 0.6) is 11.5 Å². The summed E-state index contributed by atoms with van der Waals surface area (Å²) in [6.07, 6.45) is 0.771. The van der Waals surface area contributed by atoms with Crippen molar-refractivity contribution >= 4 is 99.1 Å². The molecule has 0 heterocycles. The topological polar surface area (TPSA) is 218 Å². The molecule has 0 aliphatic rings. The molecule has 3 amide bonds. The number of hydrogen-bond donors (Lipinski definition) is 6. The van der Waals surface area contributed by atoms with E-state index in [0.29, 0.717) is 45.4 Å². The number of anilines is 3. The molecule has 89 heavy (non-hydrogen) atoms. The number of aromatic carboxylic acids is 3. The highest BCUT2D eigenvalue weighted by Crippen LogP contribution is 2.37. The van der Waals surface area contributed by atoms with E-state index in [1.807, 2.05) is 20.8 Å². The molecule has 0 saturated heterocycles. The summed E-state index contributed by atoms with van der Waals surface area (Å²) >= 11 is 24.0. The number of benzene rings is 9. The van der Waals surface area contributed by atoms with E-state index < -0.39 is 76.1 Å². The Hall–Kier alpha value is -9.79. The maximum Gasteiger partial charge on any atom is 0.336 e. The summed E-state index contributed by atoms with van der Waals surface area (Å²) in [5.41, 5.74) is -0.628. The molecule has 9 aromatic rings. The summed E-state index contributed by atoms with van der Waals surface area (Å²) in [7, 11) is 0. The number of carboxylic acid groups (broad SMARTS) is 3. The highest BCUT2D eigenvalue weighted by molar-refractivity contribution is 6.42. The second-order valence-corrected chi connectivity index (χ2v) is 20.8. The Bertz CT molecular complexity index is 4140. The summed E-state index contributed by atoms with van der Waals surface area (Å²) in [6, 6.07) is 40.4. The predicted octanol–water partition coefficient (Wildman–Crippen LogP) is 17.8. The number of rotatable bonds is 17. The quantitative estimate of drug-likeness (QED) is 0.0471. The minimum absolute atomic E-state index is 0.0255. The predicted molar refractivity (Wildman–Crippen MR) is 331 cm³/mol. The third-order valence-corrected chi connectivity index (χ3v) is 13.9. The maximum absolute atomic E-state index is 14.7. The molecule has 14 nitrogen and oxygen atoms in total. The minimum atomic E-state index is -1.39. The number of carbonyl (C=O) groups excluding carboxylic acids is 3. The first-order valence-electron chi connectivity index (χ1n) is 26.4. The molecule has 0 unspecified atom stereocenters. The van der Waals surface area contributed by atoms with Gasteiger partial charge < -0.3 is 40.7 Å². The van der Waals surface area contributed by atoms with Crippen LogP contribution in [0.25, 0.3) is 33.4 Å². The van der Waals surface area contributed by atoms with E-state index in [0.717, 1.165) is 48.9 Å². The van der Waals surface area contributed by atoms with Crippen molar-refractivity contribution in [3.05, 3.63) is 252 Å². The van der Waals surface area contributed by atoms with Crippen LogP contribution >= 0.6 is 46.4 Å². The molecule has 0 aliphatic carbocycles. The molecule has 0 bridgehead atoms. The lowest BCUT2D eigenvalue weighted by molar-refractivity contribution is 0.0683. The van der Waals surface area contributed by atoms with Crippen LogP contribution in [0.2, 0.25) is 20.1 Å². The SMILES string of the molecule is CC(C)Oc1cccc(-c2cc(F)c(NC(=O)c3ccccc3C(=O)O)c(F)c2)c1.CCCOc1cccc(-c2cc(F)c(NC(=O)c3ccccc3C(=O)O)c(F)c2)c1.O=C(O)c1cc(Cl)c(Cl)cc1C(=O)Nc1c(F)cc(-c2ccccc2Cl)cc1Cl. The van der Waals surface area contributed by atoms with E-state index in [-0.39, 0.29) is 71.4 Å². The molecule has 23 heteroatoms. The zero-order valence-corrected chi connectivity index (χ0v) is 49.7. The Balaban J connectivity index is 0.000000190. The van der Waals surface area contributed by atoms with Crippen LogP contribution in [0.4, 0.5) is 39.0 Å². The van der Waals surface area contributed by atoms with E-state index in [9.17, 15) is 66.0 Å². The van der Waals surface area contributed by atoms with Gasteiger partial charge in [0.25, 0.3) is 17.7 Å². The molecular formula is C66H48Cl4F5N3O11. The highest BCUT2D eigenvalue weighted by Gasteiger charge is 2.25. The molecule has 9 rings (SSSR count). The van der Waals surface area contributed by atoms with Crippen molar-refractivity contribution in [3.63, 3.8) is 0 Å². The van der Waals surface area contributed by atoms with Crippen molar-refractivity contribution < 1.29 is 75.5 Å². The molecule has 0 aliphatic heterocycles. The summed E-state index contributed by atoms with van der Waals surface area (Å²) in [4.78, 5) is 71.4. The normalized spacial score (nSPS) is 10.6. The summed E-state index contributed by atoms with van der Waals surface area (Å²) in [6.45, 7) is 6.23. The Kier molecular flexibility index (Phi) is 22.7. The average molecular weight is 1300 g/mol. The smallest absolute Gasteiger partial charge is 0.336 e. The Morgan fingerprint density at radius 1 is 0.404 bits per heavy atom. The van der Waals surface area contributed by atoms with Crippen molar-refractivity contribution in [2.75, 3.05) is 22.6 Å². The molecule has 0 saturated carbocycles. The second kappa shape index (κ2) is 30.2. The number of carbonyl (C=O) groups is 6. The number of hydrogen-bond acceptors (Lipinski definition) is 8. The van der Waals surface area contributed by atoms with Crippen molar-refractivity contribution in [2.45, 2.75) is 33.3 Å². The van der Waals surface area contributed by atoms with Crippen LogP contribution in [0.3, 0.4) is 0 Å². The number of carboxylic acids is 3. The van der Waals surface area contributed by atoms with Gasteiger partial charge in [-0.2, -0.15) is 0 Å². The first-order chi connectivity index (χ1) is 42.3. The second-order valence-electron chi connectivity index (χ2n) is 19.2. The van der Waals surface area contributed by atoms with Gasteiger partial charge in [-0.25, -0.2) is 36.3 Å². The Morgan fingerprint density at radius 2 is 0.798 bits per heavy atom. The van der Waals surface area contributed by atoms with Crippen molar-refractivity contribution in [1.29, 1.82) is 0 Å². The van der Waals surface area contributed by atoms with Gasteiger partial charge in [0.15, 0.2) is 0 Å². The van der Waals surface area contributed by atoms with Crippen LogP contribution in [-0.4, -0.2) is 63.7 Å². The fourth-order valence-electron chi connectivity index (χ4n) is 8.46. The summed E-state index contributed by atoms with van der Waals surface area (Å²) in [5, 5.41) is 34.5. The largest absolute Gasteiger partial charge is 0.494 e. The lowest BCUT2D eigenvalue weighted by Crippen LogP contribution is -2.18. The van der Waals surface area contributed by atoms with E-state index >= 15 is 0 Å². The van der Waals surface area contributed by atoms with E-state index in [4.69, 9.17) is 55.9 Å². The van der Waals surface area contributed by atoms with Crippen molar-refractivity contribution in [3.8, 4) is 44.9 Å². The fraction of sp³-hybridized carbons (Fsp3) is 0.0909. The first-order valence-corrected chi connectivity index (χ1v) is 27.9. The lowest BCUT2D eigenvalue weighted by Gasteiger charge is -2.13. The van der Waals surface area contributed by atoms with E-state index in [2.05, 4.69) is 16.0 Å². The molecule has 0 atom stereocenters. The number of amides is 3. The molecule has 6 N–H and O–H groups in total. The van der Waals surface area contributed by atoms with Gasteiger partial charge in [0, 0.05) is 10.6 Å². The summed E-state index contributed by atoms with van der Waals surface area (Å²) in [5.74, 6) is -10.4.